The topological polar surface area (TPSA) is 90.2 Å². The van der Waals surface area contributed by atoms with Gasteiger partial charge in [-0.1, -0.05) is 0 Å². The van der Waals surface area contributed by atoms with Crippen molar-refractivity contribution >= 4 is 17.5 Å². The van der Waals surface area contributed by atoms with E-state index in [1.807, 2.05) is 0 Å². The highest BCUT2D eigenvalue weighted by atomic mass is 19.1. The van der Waals surface area contributed by atoms with Crippen LogP contribution >= 0.6 is 0 Å². The first kappa shape index (κ1) is 15.6. The molecule has 0 aliphatic carbocycles. The molecule has 6 heteroatoms. The molecule has 5 nitrogen and oxygen atoms in total. The summed E-state index contributed by atoms with van der Waals surface area (Å²) in [6, 6.07) is 4.68. The van der Waals surface area contributed by atoms with Crippen molar-refractivity contribution in [3.8, 4) is 0 Å². The third kappa shape index (κ3) is 4.01. The third-order valence-electron chi connectivity index (χ3n) is 2.40. The second kappa shape index (κ2) is 6.60. The van der Waals surface area contributed by atoms with Crippen LogP contribution < -0.4 is 5.32 Å². The van der Waals surface area contributed by atoms with Crippen molar-refractivity contribution < 1.29 is 19.1 Å². The smallest absolute Gasteiger partial charge is 0.341 e. The van der Waals surface area contributed by atoms with Gasteiger partial charge >= 0.3 is 5.97 Å². The van der Waals surface area contributed by atoms with Crippen LogP contribution in [-0.2, 0) is 9.59 Å². The van der Waals surface area contributed by atoms with Gasteiger partial charge in [0.2, 0.25) is 5.78 Å². The van der Waals surface area contributed by atoms with Crippen LogP contribution in [-0.4, -0.2) is 28.6 Å². The van der Waals surface area contributed by atoms with Crippen molar-refractivity contribution in [1.29, 1.82) is 5.41 Å². The molecule has 1 aromatic carbocycles. The fourth-order valence-corrected chi connectivity index (χ4v) is 1.36. The Morgan fingerprint density at radius 3 is 2.30 bits per heavy atom. The maximum Gasteiger partial charge on any atom is 0.341 e. The van der Waals surface area contributed by atoms with Crippen LogP contribution in [0.4, 0.5) is 4.39 Å². The Balaban J connectivity index is 3.01. The largest absolute Gasteiger partial charge is 0.477 e. The lowest BCUT2D eigenvalue weighted by molar-refractivity contribution is -0.133. The average Bonchev–Trinajstić information content (AvgIpc) is 2.38. The first-order valence-electron chi connectivity index (χ1n) is 5.91. The van der Waals surface area contributed by atoms with Gasteiger partial charge < -0.3 is 10.4 Å². The molecule has 3 N–H and O–H groups in total. The van der Waals surface area contributed by atoms with E-state index in [4.69, 9.17) is 10.5 Å². The molecule has 0 saturated carbocycles. The average molecular weight is 278 g/mol. The summed E-state index contributed by atoms with van der Waals surface area (Å²) in [5, 5.41) is 19.4. The predicted molar refractivity (Wildman–Crippen MR) is 72.2 cm³/mol. The molecule has 0 aromatic heterocycles. The Bertz CT molecular complexity index is 562. The third-order valence-corrected chi connectivity index (χ3v) is 2.40. The van der Waals surface area contributed by atoms with E-state index in [0.29, 0.717) is 0 Å². The fourth-order valence-electron chi connectivity index (χ4n) is 1.36. The van der Waals surface area contributed by atoms with Gasteiger partial charge in [0.15, 0.2) is 0 Å². The predicted octanol–water partition coefficient (Wildman–Crippen LogP) is 1.73. The molecule has 0 atom stereocenters. The number of ketones is 1. The minimum Gasteiger partial charge on any atom is -0.477 e. The van der Waals surface area contributed by atoms with Gasteiger partial charge in [-0.05, 0) is 38.1 Å². The molecule has 0 unspecified atom stereocenters. The molecular formula is C14H15FN2O3. The molecule has 1 rings (SSSR count). The zero-order valence-corrected chi connectivity index (χ0v) is 11.1. The second-order valence-corrected chi connectivity index (χ2v) is 4.40. The van der Waals surface area contributed by atoms with Gasteiger partial charge in [-0.2, -0.15) is 0 Å². The van der Waals surface area contributed by atoms with Gasteiger partial charge in [0.1, 0.15) is 17.1 Å². The minimum atomic E-state index is -1.42. The standard InChI is InChI=1S/C14H15FN2O3/c1-8(2)17-7-11(14(19)20)13(18)12(16)9-3-5-10(15)6-4-9/h3-8,16-17H,1-2H3,(H,19,20)/b11-7+,16-12?. The van der Waals surface area contributed by atoms with E-state index in [1.54, 1.807) is 13.8 Å². The minimum absolute atomic E-state index is 0.0443. The van der Waals surface area contributed by atoms with Gasteiger partial charge in [0.05, 0.1) is 0 Å². The van der Waals surface area contributed by atoms with E-state index in [2.05, 4.69) is 5.32 Å². The van der Waals surface area contributed by atoms with E-state index >= 15 is 0 Å². The maximum absolute atomic E-state index is 12.8. The van der Waals surface area contributed by atoms with E-state index in [9.17, 15) is 14.0 Å². The van der Waals surface area contributed by atoms with Crippen LogP contribution in [0.5, 0.6) is 0 Å². The summed E-state index contributed by atoms with van der Waals surface area (Å²) in [5.41, 5.74) is -0.870. The van der Waals surface area contributed by atoms with Crippen molar-refractivity contribution in [3.05, 3.63) is 47.4 Å². The first-order valence-corrected chi connectivity index (χ1v) is 5.91. The fraction of sp³-hybridized carbons (Fsp3) is 0.214. The van der Waals surface area contributed by atoms with E-state index in [0.717, 1.165) is 18.3 Å². The number of carbonyl (C=O) groups is 2. The van der Waals surface area contributed by atoms with Crippen LogP contribution in [0.1, 0.15) is 19.4 Å². The number of aliphatic carboxylic acids is 1. The normalized spacial score (nSPS) is 11.3. The Labute approximate surface area is 115 Å². The molecule has 0 amide bonds. The van der Waals surface area contributed by atoms with Crippen LogP contribution in [0.15, 0.2) is 36.0 Å². The van der Waals surface area contributed by atoms with E-state index in [1.165, 1.54) is 12.1 Å². The number of Topliss-reactive ketones (excluding diaryl/α,β-unsaturated/α-hetero) is 1. The number of carboxylic acids is 1. The summed E-state index contributed by atoms with van der Waals surface area (Å²) in [7, 11) is 0. The van der Waals surface area contributed by atoms with Crippen molar-refractivity contribution in [2.24, 2.45) is 0 Å². The van der Waals surface area contributed by atoms with E-state index in [-0.39, 0.29) is 11.6 Å². The Kier molecular flexibility index (Phi) is 5.14. The van der Waals surface area contributed by atoms with Crippen LogP contribution in [0.2, 0.25) is 0 Å². The second-order valence-electron chi connectivity index (χ2n) is 4.40. The molecule has 0 spiro atoms. The first-order chi connectivity index (χ1) is 9.32. The number of carboxylic acid groups (broad SMARTS) is 1. The lowest BCUT2D eigenvalue weighted by Gasteiger charge is -2.07. The van der Waals surface area contributed by atoms with Gasteiger partial charge in [-0.25, -0.2) is 9.18 Å². The molecular weight excluding hydrogens is 263 g/mol. The van der Waals surface area contributed by atoms with Gasteiger partial charge in [-0.15, -0.1) is 0 Å². The molecule has 0 heterocycles. The van der Waals surface area contributed by atoms with Crippen molar-refractivity contribution in [1.82, 2.24) is 5.32 Å². The van der Waals surface area contributed by atoms with Crippen LogP contribution in [0.3, 0.4) is 0 Å². The Hall–Kier alpha value is -2.50. The molecule has 106 valence electrons. The maximum atomic E-state index is 12.8. The summed E-state index contributed by atoms with van der Waals surface area (Å²) in [6.45, 7) is 3.57. The van der Waals surface area contributed by atoms with Gasteiger partial charge in [0.25, 0.3) is 0 Å². The summed E-state index contributed by atoms with van der Waals surface area (Å²) in [4.78, 5) is 23.0. The number of halogens is 1. The molecule has 0 bridgehead atoms. The van der Waals surface area contributed by atoms with Gasteiger partial charge in [0, 0.05) is 17.8 Å². The molecule has 0 aliphatic heterocycles. The number of hydrogen-bond donors (Lipinski definition) is 3. The number of hydrogen-bond acceptors (Lipinski definition) is 4. The molecule has 0 aliphatic rings. The Morgan fingerprint density at radius 2 is 1.85 bits per heavy atom. The SMILES string of the molecule is CC(C)N/C=C(/C(=O)O)C(=O)C(=N)c1ccc(F)cc1. The lowest BCUT2D eigenvalue weighted by atomic mass is 10.0. The highest BCUT2D eigenvalue weighted by Crippen LogP contribution is 2.08. The number of rotatable bonds is 6. The highest BCUT2D eigenvalue weighted by Gasteiger charge is 2.22. The van der Waals surface area contributed by atoms with Gasteiger partial charge in [-0.3, -0.25) is 10.2 Å². The summed E-state index contributed by atoms with van der Waals surface area (Å²) in [5.74, 6) is -2.85. The van der Waals surface area contributed by atoms with Crippen molar-refractivity contribution in [2.75, 3.05) is 0 Å². The summed E-state index contributed by atoms with van der Waals surface area (Å²) < 4.78 is 12.8. The van der Waals surface area contributed by atoms with Crippen LogP contribution in [0.25, 0.3) is 0 Å². The Morgan fingerprint density at radius 1 is 1.30 bits per heavy atom. The quantitative estimate of drug-likeness (QED) is 0.320. The molecule has 0 fully saturated rings. The molecule has 1 aromatic rings. The molecule has 0 saturated heterocycles. The lowest BCUT2D eigenvalue weighted by Crippen LogP contribution is -2.25. The number of carbonyl (C=O) groups excluding carboxylic acids is 1. The molecule has 20 heavy (non-hydrogen) atoms. The van der Waals surface area contributed by atoms with Crippen molar-refractivity contribution in [3.63, 3.8) is 0 Å². The zero-order valence-electron chi connectivity index (χ0n) is 11.1. The summed E-state index contributed by atoms with van der Waals surface area (Å²) in [6.07, 6.45) is 1.08. The molecule has 0 radical (unpaired) electrons. The monoisotopic (exact) mass is 278 g/mol. The highest BCUT2D eigenvalue weighted by molar-refractivity contribution is 6.54. The number of nitrogens with one attached hydrogen (secondary N) is 2. The zero-order chi connectivity index (χ0) is 15.3. The number of benzene rings is 1. The summed E-state index contributed by atoms with van der Waals surface area (Å²) >= 11 is 0. The van der Waals surface area contributed by atoms with Crippen LogP contribution in [0, 0.1) is 11.2 Å². The van der Waals surface area contributed by atoms with E-state index < -0.39 is 28.9 Å². The van der Waals surface area contributed by atoms with Crippen molar-refractivity contribution in [2.45, 2.75) is 19.9 Å².